The summed E-state index contributed by atoms with van der Waals surface area (Å²) < 4.78 is 0. The van der Waals surface area contributed by atoms with Crippen LogP contribution in [0.3, 0.4) is 0 Å². The van der Waals surface area contributed by atoms with Gasteiger partial charge in [-0.25, -0.2) is 0 Å². The zero-order valence-electron chi connectivity index (χ0n) is 21.5. The molecule has 0 saturated carbocycles. The zero-order chi connectivity index (χ0) is 24.7. The molecule has 0 unspecified atom stereocenters. The van der Waals surface area contributed by atoms with Gasteiger partial charge in [-0.15, -0.1) is 0 Å². The van der Waals surface area contributed by atoms with Gasteiger partial charge in [-0.3, -0.25) is 0 Å². The first-order chi connectivity index (χ1) is 16.2. The summed E-state index contributed by atoms with van der Waals surface area (Å²) in [6.07, 6.45) is 0. The minimum Gasteiger partial charge on any atom is -0.507 e. The van der Waals surface area contributed by atoms with Crippen molar-refractivity contribution in [2.24, 2.45) is 0 Å². The van der Waals surface area contributed by atoms with Gasteiger partial charge in [-0.2, -0.15) is 0 Å². The maximum atomic E-state index is 12.0. The Hall–Kier alpha value is -2.57. The minimum atomic E-state index is -1.87. The third-order valence-electron chi connectivity index (χ3n) is 8.72. The van der Waals surface area contributed by atoms with E-state index in [1.165, 1.54) is 0 Å². The van der Waals surface area contributed by atoms with Crippen molar-refractivity contribution in [1.29, 1.82) is 0 Å². The van der Waals surface area contributed by atoms with Gasteiger partial charge in [0, 0.05) is 11.1 Å². The number of aromatic hydroxyl groups is 2. The summed E-state index contributed by atoms with van der Waals surface area (Å²) in [5, 5.41) is 30.4. The molecule has 2 nitrogen and oxygen atoms in total. The van der Waals surface area contributed by atoms with Crippen LogP contribution in [0, 0.1) is 0 Å². The van der Waals surface area contributed by atoms with Gasteiger partial charge in [0.05, 0.1) is 16.1 Å². The topological polar surface area (TPSA) is 40.5 Å². The van der Waals surface area contributed by atoms with Gasteiger partial charge >= 0.3 is 0 Å². The van der Waals surface area contributed by atoms with Gasteiger partial charge in [0.25, 0.3) is 0 Å². The molecule has 4 aromatic carbocycles. The molecule has 0 saturated heterocycles. The monoisotopic (exact) mass is 486 g/mol. The average molecular weight is 487 g/mol. The summed E-state index contributed by atoms with van der Waals surface area (Å²) in [7, 11) is -3.74. The van der Waals surface area contributed by atoms with Gasteiger partial charge in [0.2, 0.25) is 0 Å². The number of hydrogen-bond acceptors (Lipinski definition) is 2. The van der Waals surface area contributed by atoms with Gasteiger partial charge in [-0.1, -0.05) is 126 Å². The molecule has 4 heteroatoms. The van der Waals surface area contributed by atoms with Crippen molar-refractivity contribution in [1.82, 2.24) is 0 Å². The Labute approximate surface area is 206 Å². The van der Waals surface area contributed by atoms with Gasteiger partial charge in [0.1, 0.15) is 11.5 Å². The largest absolute Gasteiger partial charge is 0.507 e. The summed E-state index contributed by atoms with van der Waals surface area (Å²) in [6, 6.07) is 25.3. The van der Waals surface area contributed by atoms with Crippen molar-refractivity contribution in [3.8, 4) is 22.6 Å². The number of hydrogen-bond donors (Lipinski definition) is 2. The van der Waals surface area contributed by atoms with E-state index in [4.69, 9.17) is 0 Å². The number of phenols is 2. The molecule has 0 bridgehead atoms. The molecule has 0 amide bonds. The number of benzene rings is 4. The van der Waals surface area contributed by atoms with Crippen LogP contribution in [0.2, 0.25) is 37.3 Å². The summed E-state index contributed by atoms with van der Waals surface area (Å²) in [6.45, 7) is 13.7. The van der Waals surface area contributed by atoms with Crippen molar-refractivity contribution in [2.75, 3.05) is 0 Å². The predicted molar refractivity (Wildman–Crippen MR) is 155 cm³/mol. The molecule has 0 aromatic heterocycles. The molecular formula is C30H38O2Si2. The fourth-order valence-electron chi connectivity index (χ4n) is 5.36. The van der Waals surface area contributed by atoms with Crippen LogP contribution in [0.4, 0.5) is 0 Å². The lowest BCUT2D eigenvalue weighted by Gasteiger charge is -2.30. The molecule has 4 aromatic rings. The van der Waals surface area contributed by atoms with Crippen LogP contribution in [0.25, 0.3) is 32.7 Å². The van der Waals surface area contributed by atoms with Crippen LogP contribution in [0.15, 0.2) is 60.7 Å². The molecular weight excluding hydrogens is 449 g/mol. The van der Waals surface area contributed by atoms with Gasteiger partial charge in [0.15, 0.2) is 0 Å². The molecule has 178 valence electrons. The summed E-state index contributed by atoms with van der Waals surface area (Å²) in [5.41, 5.74) is 1.60. The lowest BCUT2D eigenvalue weighted by Crippen LogP contribution is -2.44. The lowest BCUT2D eigenvalue weighted by molar-refractivity contribution is 0.474. The molecule has 0 aliphatic rings. The highest BCUT2D eigenvalue weighted by Gasteiger charge is 2.34. The Morgan fingerprint density at radius 1 is 0.559 bits per heavy atom. The summed E-state index contributed by atoms with van der Waals surface area (Å²) >= 11 is 0. The quantitative estimate of drug-likeness (QED) is 0.262. The molecule has 4 rings (SSSR count). The smallest absolute Gasteiger partial charge is 0.123 e. The highest BCUT2D eigenvalue weighted by atomic mass is 28.3. The van der Waals surface area contributed by atoms with Crippen LogP contribution in [0.5, 0.6) is 11.5 Å². The summed E-state index contributed by atoms with van der Waals surface area (Å²) in [5.74, 6) is 0.732. The SMILES string of the molecule is CC[Si](C)(CC)c1cc2ccccc2c(-c2c(O)c([Si](C)(CC)CC)cc3ccccc23)c1O. The first-order valence-electron chi connectivity index (χ1n) is 12.7. The van der Waals surface area contributed by atoms with Crippen LogP contribution < -0.4 is 10.4 Å². The third kappa shape index (κ3) is 3.77. The molecule has 0 spiro atoms. The van der Waals surface area contributed by atoms with Crippen LogP contribution in [-0.2, 0) is 0 Å². The number of fused-ring (bicyclic) bond motifs is 2. The molecule has 0 heterocycles. The first-order valence-corrected chi connectivity index (χ1v) is 18.6. The molecule has 2 N–H and O–H groups in total. The van der Waals surface area contributed by atoms with Gasteiger partial charge in [-0.05, 0) is 31.9 Å². The molecule has 0 radical (unpaired) electrons. The van der Waals surface area contributed by atoms with Crippen molar-refractivity contribution in [3.63, 3.8) is 0 Å². The average Bonchev–Trinajstić information content (AvgIpc) is 2.87. The van der Waals surface area contributed by atoms with E-state index < -0.39 is 16.1 Å². The highest BCUT2D eigenvalue weighted by molar-refractivity contribution is 6.92. The van der Waals surface area contributed by atoms with Crippen molar-refractivity contribution < 1.29 is 10.2 Å². The number of rotatable bonds is 7. The Balaban J connectivity index is 2.23. The number of phenolic OH excluding ortho intramolecular Hbond substituents is 2. The van der Waals surface area contributed by atoms with E-state index >= 15 is 0 Å². The first kappa shape index (κ1) is 24.6. The van der Waals surface area contributed by atoms with E-state index in [0.29, 0.717) is 11.5 Å². The second-order valence-electron chi connectivity index (χ2n) is 10.3. The van der Waals surface area contributed by atoms with Gasteiger partial charge < -0.3 is 10.2 Å². The van der Waals surface area contributed by atoms with E-state index in [0.717, 1.165) is 67.2 Å². The van der Waals surface area contributed by atoms with Crippen LogP contribution >= 0.6 is 0 Å². The third-order valence-corrected chi connectivity index (χ3v) is 18.3. The van der Waals surface area contributed by atoms with E-state index in [2.05, 4.69) is 89.3 Å². The maximum absolute atomic E-state index is 12.0. The van der Waals surface area contributed by atoms with E-state index in [1.807, 2.05) is 12.1 Å². The second kappa shape index (κ2) is 9.23. The molecule has 0 atom stereocenters. The Morgan fingerprint density at radius 3 is 1.21 bits per heavy atom. The second-order valence-corrected chi connectivity index (χ2v) is 20.4. The standard InChI is InChI=1S/C30H38O2Si2/c1-7-33(5,8-2)25-19-21-15-11-13-17-23(21)27(29(25)31)28-24-18-14-12-16-22(24)20-26(30(28)32)34(6,9-3)10-4/h11-20,31-32H,7-10H2,1-6H3. The normalized spacial score (nSPS) is 12.5. The lowest BCUT2D eigenvalue weighted by atomic mass is 9.92. The zero-order valence-corrected chi connectivity index (χ0v) is 23.5. The fourth-order valence-corrected chi connectivity index (χ4v) is 10.3. The Morgan fingerprint density at radius 2 is 0.882 bits per heavy atom. The minimum absolute atomic E-state index is 0.366. The Bertz CT molecular complexity index is 1250. The van der Waals surface area contributed by atoms with Crippen LogP contribution in [0.1, 0.15) is 27.7 Å². The summed E-state index contributed by atoms with van der Waals surface area (Å²) in [4.78, 5) is 0. The van der Waals surface area contributed by atoms with Crippen molar-refractivity contribution >= 4 is 48.1 Å². The van der Waals surface area contributed by atoms with Crippen molar-refractivity contribution in [3.05, 3.63) is 60.7 Å². The maximum Gasteiger partial charge on any atom is 0.123 e. The molecule has 0 aliphatic heterocycles. The fraction of sp³-hybridized carbons (Fsp3) is 0.333. The van der Waals surface area contributed by atoms with E-state index in [9.17, 15) is 10.2 Å². The molecule has 0 aliphatic carbocycles. The van der Waals surface area contributed by atoms with Crippen LogP contribution in [-0.4, -0.2) is 26.4 Å². The van der Waals surface area contributed by atoms with E-state index in [-0.39, 0.29) is 0 Å². The Kier molecular flexibility index (Phi) is 6.67. The molecule has 0 fully saturated rings. The van der Waals surface area contributed by atoms with E-state index in [1.54, 1.807) is 0 Å². The molecule has 34 heavy (non-hydrogen) atoms. The highest BCUT2D eigenvalue weighted by Crippen LogP contribution is 2.45. The van der Waals surface area contributed by atoms with Crippen molar-refractivity contribution in [2.45, 2.75) is 65.0 Å². The predicted octanol–water partition coefficient (Wildman–Crippen LogP) is 7.72.